The van der Waals surface area contributed by atoms with Crippen molar-refractivity contribution in [3.8, 4) is 0 Å². The molecule has 96 valence electrons. The number of rotatable bonds is 4. The smallest absolute Gasteiger partial charge is 0.326 e. The van der Waals surface area contributed by atoms with Crippen molar-refractivity contribution in [3.05, 3.63) is 0 Å². The number of likely N-dealkylation sites (tertiary alicyclic amines) is 1. The van der Waals surface area contributed by atoms with Gasteiger partial charge in [-0.15, -0.1) is 0 Å². The van der Waals surface area contributed by atoms with E-state index >= 15 is 0 Å². The van der Waals surface area contributed by atoms with Crippen molar-refractivity contribution in [2.75, 3.05) is 13.1 Å². The largest absolute Gasteiger partial charge is 0.451 e. The maximum Gasteiger partial charge on any atom is 0.326 e. The Morgan fingerprint density at radius 3 is 2.76 bits per heavy atom. The predicted molar refractivity (Wildman–Crippen MR) is 59.8 cm³/mol. The van der Waals surface area contributed by atoms with Gasteiger partial charge in [-0.1, -0.05) is 6.42 Å². The molecule has 1 fully saturated rings. The molecule has 0 radical (unpaired) electrons. The van der Waals surface area contributed by atoms with Crippen LogP contribution in [-0.2, 0) is 19.1 Å². The summed E-state index contributed by atoms with van der Waals surface area (Å²) >= 11 is 0. The van der Waals surface area contributed by atoms with E-state index < -0.39 is 18.0 Å². The Hall–Kier alpha value is -1.59. The molecule has 0 bridgehead atoms. The van der Waals surface area contributed by atoms with Crippen LogP contribution >= 0.6 is 0 Å². The summed E-state index contributed by atoms with van der Waals surface area (Å²) in [5.41, 5.74) is 4.97. The third kappa shape index (κ3) is 4.42. The Balaban J connectivity index is 2.43. The van der Waals surface area contributed by atoms with Gasteiger partial charge in [-0.2, -0.15) is 0 Å². The van der Waals surface area contributed by atoms with Crippen LogP contribution in [0.1, 0.15) is 32.6 Å². The minimum Gasteiger partial charge on any atom is -0.451 e. The topological polar surface area (TPSA) is 89.7 Å². The number of carbonyl (C=O) groups is 3. The fraction of sp³-hybridized carbons (Fsp3) is 0.727. The monoisotopic (exact) mass is 242 g/mol. The van der Waals surface area contributed by atoms with Crippen LogP contribution < -0.4 is 5.73 Å². The summed E-state index contributed by atoms with van der Waals surface area (Å²) in [7, 11) is 0. The van der Waals surface area contributed by atoms with E-state index in [4.69, 9.17) is 10.5 Å². The number of nitrogens with two attached hydrogens (primary N) is 1. The van der Waals surface area contributed by atoms with Crippen molar-refractivity contribution in [1.29, 1.82) is 0 Å². The summed E-state index contributed by atoms with van der Waals surface area (Å²) in [6.45, 7) is 1.87. The molecule has 0 spiro atoms. The van der Waals surface area contributed by atoms with Crippen LogP contribution in [0.3, 0.4) is 0 Å². The van der Waals surface area contributed by atoms with E-state index in [1.54, 1.807) is 0 Å². The Morgan fingerprint density at radius 1 is 1.41 bits per heavy atom. The molecule has 1 atom stereocenters. The van der Waals surface area contributed by atoms with Crippen molar-refractivity contribution in [2.24, 2.45) is 5.73 Å². The number of esters is 1. The highest BCUT2D eigenvalue weighted by atomic mass is 16.5. The summed E-state index contributed by atoms with van der Waals surface area (Å²) in [4.78, 5) is 35.2. The van der Waals surface area contributed by atoms with Crippen LogP contribution in [0, 0.1) is 0 Å². The fourth-order valence-electron chi connectivity index (χ4n) is 1.65. The Morgan fingerprint density at radius 2 is 2.12 bits per heavy atom. The normalized spacial score (nSPS) is 18.4. The quantitative estimate of drug-likeness (QED) is 0.692. The second-order valence-electron chi connectivity index (χ2n) is 4.16. The first-order valence-corrected chi connectivity index (χ1v) is 5.77. The minimum absolute atomic E-state index is 0.0359. The number of ether oxygens (including phenoxy) is 1. The van der Waals surface area contributed by atoms with Gasteiger partial charge in [0, 0.05) is 13.0 Å². The zero-order valence-electron chi connectivity index (χ0n) is 9.98. The van der Waals surface area contributed by atoms with Gasteiger partial charge < -0.3 is 15.4 Å². The van der Waals surface area contributed by atoms with Gasteiger partial charge in [0.25, 0.3) is 5.91 Å². The molecule has 2 N–H and O–H groups in total. The SMILES string of the molecule is C[C@H](OC(=O)CN1CCCCCC1=O)C(N)=O. The molecule has 0 aromatic heterocycles. The number of hydrogen-bond acceptors (Lipinski definition) is 4. The highest BCUT2D eigenvalue weighted by Gasteiger charge is 2.22. The second kappa shape index (κ2) is 6.22. The lowest BCUT2D eigenvalue weighted by atomic mass is 10.2. The highest BCUT2D eigenvalue weighted by molar-refractivity contribution is 5.85. The molecule has 6 nitrogen and oxygen atoms in total. The molecule has 1 rings (SSSR count). The van der Waals surface area contributed by atoms with Gasteiger partial charge in [0.15, 0.2) is 6.10 Å². The van der Waals surface area contributed by atoms with Crippen LogP contribution in [-0.4, -0.2) is 41.9 Å². The van der Waals surface area contributed by atoms with Gasteiger partial charge in [-0.05, 0) is 19.8 Å². The van der Waals surface area contributed by atoms with Crippen LogP contribution in [0.2, 0.25) is 0 Å². The third-order valence-electron chi connectivity index (χ3n) is 2.70. The van der Waals surface area contributed by atoms with E-state index in [0.717, 1.165) is 19.3 Å². The van der Waals surface area contributed by atoms with Crippen molar-refractivity contribution in [1.82, 2.24) is 4.90 Å². The first-order chi connectivity index (χ1) is 8.00. The Labute approximate surface area is 100 Å². The van der Waals surface area contributed by atoms with E-state index in [1.807, 2.05) is 0 Å². The van der Waals surface area contributed by atoms with Gasteiger partial charge in [-0.25, -0.2) is 0 Å². The molecule has 1 saturated heterocycles. The molecule has 1 aliphatic heterocycles. The highest BCUT2D eigenvalue weighted by Crippen LogP contribution is 2.11. The van der Waals surface area contributed by atoms with Crippen LogP contribution in [0.5, 0.6) is 0 Å². The van der Waals surface area contributed by atoms with Gasteiger partial charge in [0.1, 0.15) is 6.54 Å². The number of hydrogen-bond donors (Lipinski definition) is 1. The van der Waals surface area contributed by atoms with Crippen LogP contribution in [0.4, 0.5) is 0 Å². The van der Waals surface area contributed by atoms with Crippen molar-refractivity contribution in [2.45, 2.75) is 38.7 Å². The number of amides is 2. The third-order valence-corrected chi connectivity index (χ3v) is 2.70. The van der Waals surface area contributed by atoms with Crippen molar-refractivity contribution in [3.63, 3.8) is 0 Å². The molecule has 6 heteroatoms. The maximum atomic E-state index is 11.6. The zero-order chi connectivity index (χ0) is 12.8. The standard InChI is InChI=1S/C11H18N2O4/c1-8(11(12)16)17-10(15)7-13-6-4-2-3-5-9(13)14/h8H,2-7H2,1H3,(H2,12,16)/t8-/m0/s1. The van der Waals surface area contributed by atoms with Gasteiger partial charge in [-0.3, -0.25) is 14.4 Å². The minimum atomic E-state index is -0.954. The van der Waals surface area contributed by atoms with Crippen molar-refractivity contribution >= 4 is 17.8 Å². The molecular formula is C11H18N2O4. The van der Waals surface area contributed by atoms with Crippen LogP contribution in [0.15, 0.2) is 0 Å². The first kappa shape index (κ1) is 13.5. The lowest BCUT2D eigenvalue weighted by molar-refractivity contribution is -0.156. The molecule has 1 aliphatic rings. The van der Waals surface area contributed by atoms with E-state index in [-0.39, 0.29) is 12.5 Å². The number of carbonyl (C=O) groups excluding carboxylic acids is 3. The van der Waals surface area contributed by atoms with E-state index in [9.17, 15) is 14.4 Å². The second-order valence-corrected chi connectivity index (χ2v) is 4.16. The van der Waals surface area contributed by atoms with Crippen LogP contribution in [0.25, 0.3) is 0 Å². The summed E-state index contributed by atoms with van der Waals surface area (Å²) in [5, 5.41) is 0. The molecule has 0 aromatic carbocycles. The molecule has 17 heavy (non-hydrogen) atoms. The summed E-state index contributed by atoms with van der Waals surface area (Å²) < 4.78 is 4.80. The van der Waals surface area contributed by atoms with Gasteiger partial charge in [0.05, 0.1) is 0 Å². The predicted octanol–water partition coefficient (Wildman–Crippen LogP) is -0.194. The Bertz CT molecular complexity index is 317. The van der Waals surface area contributed by atoms with Crippen molar-refractivity contribution < 1.29 is 19.1 Å². The fourth-order valence-corrected chi connectivity index (χ4v) is 1.65. The zero-order valence-corrected chi connectivity index (χ0v) is 9.98. The van der Waals surface area contributed by atoms with Gasteiger partial charge >= 0.3 is 5.97 Å². The molecule has 2 amide bonds. The number of primary amides is 1. The lowest BCUT2D eigenvalue weighted by Gasteiger charge is -2.20. The molecule has 0 unspecified atom stereocenters. The molecular weight excluding hydrogens is 224 g/mol. The van der Waals surface area contributed by atoms with E-state index in [0.29, 0.717) is 13.0 Å². The molecule has 1 heterocycles. The summed E-state index contributed by atoms with van der Waals surface area (Å²) in [6, 6.07) is 0. The maximum absolute atomic E-state index is 11.6. The van der Waals surface area contributed by atoms with E-state index in [2.05, 4.69) is 0 Å². The molecule has 0 saturated carbocycles. The first-order valence-electron chi connectivity index (χ1n) is 5.77. The molecule has 0 aromatic rings. The summed E-state index contributed by atoms with van der Waals surface area (Å²) in [5.74, 6) is -1.32. The van der Waals surface area contributed by atoms with E-state index in [1.165, 1.54) is 11.8 Å². The lowest BCUT2D eigenvalue weighted by Crippen LogP contribution is -2.39. The average Bonchev–Trinajstić information content (AvgIpc) is 2.44. The molecule has 0 aliphatic carbocycles. The average molecular weight is 242 g/mol. The van der Waals surface area contributed by atoms with Gasteiger partial charge in [0.2, 0.25) is 5.91 Å². The summed E-state index contributed by atoms with van der Waals surface area (Å²) in [6.07, 6.45) is 2.27. The number of nitrogens with zero attached hydrogens (tertiary/aromatic N) is 1. The Kier molecular flexibility index (Phi) is 4.93.